The van der Waals surface area contributed by atoms with Gasteiger partial charge in [0.15, 0.2) is 0 Å². The Kier molecular flexibility index (Phi) is 4.88. The monoisotopic (exact) mass is 306 g/mol. The molecule has 114 valence electrons. The molecule has 1 fully saturated rings. The van der Waals surface area contributed by atoms with Crippen molar-refractivity contribution in [2.75, 3.05) is 5.75 Å². The Bertz CT molecular complexity index is 507. The fraction of sp³-hybridized carbons (Fsp3) is 0.500. The number of hydrogen-bond donors (Lipinski definition) is 2. The molecule has 0 radical (unpaired) electrons. The summed E-state index contributed by atoms with van der Waals surface area (Å²) >= 11 is 4.40. The molecule has 0 bridgehead atoms. The van der Waals surface area contributed by atoms with Gasteiger partial charge in [-0.15, -0.1) is 0 Å². The van der Waals surface area contributed by atoms with Gasteiger partial charge in [-0.25, -0.2) is 0 Å². The van der Waals surface area contributed by atoms with Crippen LogP contribution in [0.25, 0.3) is 6.08 Å². The van der Waals surface area contributed by atoms with Crippen molar-refractivity contribution in [1.82, 2.24) is 0 Å². The van der Waals surface area contributed by atoms with Crippen LogP contribution in [-0.2, 0) is 15.9 Å². The van der Waals surface area contributed by atoms with Gasteiger partial charge >= 0.3 is 7.12 Å². The molecule has 1 aliphatic rings. The van der Waals surface area contributed by atoms with Crippen molar-refractivity contribution >= 4 is 25.8 Å². The summed E-state index contributed by atoms with van der Waals surface area (Å²) < 4.78 is 12.1. The highest BCUT2D eigenvalue weighted by Gasteiger charge is 2.52. The van der Waals surface area contributed by atoms with Gasteiger partial charge in [0.1, 0.15) is 0 Å². The average Bonchev–Trinajstić information content (AvgIpc) is 2.65. The van der Waals surface area contributed by atoms with E-state index in [9.17, 15) is 0 Å². The quantitative estimate of drug-likeness (QED) is 0.663. The SMILES string of the molecule is CC1(C)OB(C(=Cc2ccc(CO)cc2)CS)OC1(C)C. The fourth-order valence-corrected chi connectivity index (χ4v) is 2.36. The number of thiol groups is 1. The lowest BCUT2D eigenvalue weighted by Gasteiger charge is -2.32. The lowest BCUT2D eigenvalue weighted by atomic mass is 9.78. The van der Waals surface area contributed by atoms with E-state index >= 15 is 0 Å². The van der Waals surface area contributed by atoms with E-state index in [-0.39, 0.29) is 24.9 Å². The van der Waals surface area contributed by atoms with Crippen LogP contribution in [0.15, 0.2) is 29.7 Å². The van der Waals surface area contributed by atoms with Crippen LogP contribution in [-0.4, -0.2) is 29.2 Å². The Morgan fingerprint density at radius 1 is 1.14 bits per heavy atom. The zero-order valence-electron chi connectivity index (χ0n) is 13.1. The van der Waals surface area contributed by atoms with Gasteiger partial charge in [-0.1, -0.05) is 30.3 Å². The molecule has 3 nitrogen and oxygen atoms in total. The topological polar surface area (TPSA) is 38.7 Å². The summed E-state index contributed by atoms with van der Waals surface area (Å²) in [5.41, 5.74) is 2.25. The zero-order valence-corrected chi connectivity index (χ0v) is 14.0. The van der Waals surface area contributed by atoms with Crippen LogP contribution in [0.3, 0.4) is 0 Å². The molecule has 1 N–H and O–H groups in total. The molecule has 0 unspecified atom stereocenters. The molecule has 21 heavy (non-hydrogen) atoms. The molecule has 0 aromatic heterocycles. The zero-order chi connectivity index (χ0) is 15.7. The van der Waals surface area contributed by atoms with Crippen LogP contribution in [0.1, 0.15) is 38.8 Å². The van der Waals surface area contributed by atoms with Crippen LogP contribution in [0.4, 0.5) is 0 Å². The summed E-state index contributed by atoms with van der Waals surface area (Å²) in [6, 6.07) is 7.76. The van der Waals surface area contributed by atoms with E-state index in [0.29, 0.717) is 5.75 Å². The molecule has 1 aromatic rings. The maximum atomic E-state index is 9.08. The molecule has 0 spiro atoms. The second kappa shape index (κ2) is 6.17. The third kappa shape index (κ3) is 3.54. The van der Waals surface area contributed by atoms with Crippen molar-refractivity contribution < 1.29 is 14.4 Å². The van der Waals surface area contributed by atoms with Gasteiger partial charge < -0.3 is 14.4 Å². The molecule has 0 saturated carbocycles. The Balaban J connectivity index is 2.22. The highest BCUT2D eigenvalue weighted by molar-refractivity contribution is 7.80. The predicted octanol–water partition coefficient (Wildman–Crippen LogP) is 3.12. The normalized spacial score (nSPS) is 20.9. The number of rotatable bonds is 4. The Morgan fingerprint density at radius 2 is 1.67 bits per heavy atom. The summed E-state index contributed by atoms with van der Waals surface area (Å²) in [5, 5.41) is 9.08. The van der Waals surface area contributed by atoms with Crippen molar-refractivity contribution in [2.45, 2.75) is 45.5 Å². The minimum absolute atomic E-state index is 0.0562. The molecule has 0 atom stereocenters. The van der Waals surface area contributed by atoms with E-state index in [4.69, 9.17) is 14.4 Å². The first-order chi connectivity index (χ1) is 9.79. The van der Waals surface area contributed by atoms with Gasteiger partial charge in [0, 0.05) is 5.75 Å². The summed E-state index contributed by atoms with van der Waals surface area (Å²) in [4.78, 5) is 0. The molecule has 0 aliphatic carbocycles. The van der Waals surface area contributed by atoms with E-state index in [1.54, 1.807) is 0 Å². The maximum Gasteiger partial charge on any atom is 0.491 e. The molecular weight excluding hydrogens is 283 g/mol. The van der Waals surface area contributed by atoms with E-state index in [2.05, 4.69) is 12.6 Å². The molecule has 2 rings (SSSR count). The fourth-order valence-electron chi connectivity index (χ4n) is 2.12. The van der Waals surface area contributed by atoms with E-state index in [1.165, 1.54) is 0 Å². The number of aliphatic hydroxyl groups excluding tert-OH is 1. The average molecular weight is 306 g/mol. The lowest BCUT2D eigenvalue weighted by Crippen LogP contribution is -2.41. The highest BCUT2D eigenvalue weighted by Crippen LogP contribution is 2.38. The summed E-state index contributed by atoms with van der Waals surface area (Å²) in [5.74, 6) is 0.568. The van der Waals surface area contributed by atoms with Crippen LogP contribution >= 0.6 is 12.6 Å². The van der Waals surface area contributed by atoms with Crippen molar-refractivity contribution in [3.8, 4) is 0 Å². The number of aliphatic hydroxyl groups is 1. The van der Waals surface area contributed by atoms with Gasteiger partial charge in [0.25, 0.3) is 0 Å². The summed E-state index contributed by atoms with van der Waals surface area (Å²) in [6.07, 6.45) is 2.04. The van der Waals surface area contributed by atoms with Crippen LogP contribution in [0.5, 0.6) is 0 Å². The minimum Gasteiger partial charge on any atom is -0.400 e. The Morgan fingerprint density at radius 3 is 2.10 bits per heavy atom. The van der Waals surface area contributed by atoms with Gasteiger partial charge in [0.2, 0.25) is 0 Å². The molecule has 1 aliphatic heterocycles. The highest BCUT2D eigenvalue weighted by atomic mass is 32.1. The first-order valence-corrected chi connectivity index (χ1v) is 7.79. The second-order valence-corrected chi connectivity index (χ2v) is 6.68. The first kappa shape index (κ1) is 16.6. The molecule has 0 amide bonds. The molecular formula is C16H23BO3S. The minimum atomic E-state index is -0.370. The summed E-state index contributed by atoms with van der Waals surface area (Å²) in [7, 11) is -0.370. The lowest BCUT2D eigenvalue weighted by molar-refractivity contribution is 0.00578. The van der Waals surface area contributed by atoms with E-state index in [1.807, 2.05) is 58.0 Å². The number of hydrogen-bond acceptors (Lipinski definition) is 4. The van der Waals surface area contributed by atoms with E-state index < -0.39 is 0 Å². The van der Waals surface area contributed by atoms with Gasteiger partial charge in [0.05, 0.1) is 17.8 Å². The van der Waals surface area contributed by atoms with Gasteiger partial charge in [-0.3, -0.25) is 0 Å². The smallest absolute Gasteiger partial charge is 0.400 e. The molecule has 1 saturated heterocycles. The van der Waals surface area contributed by atoms with E-state index in [0.717, 1.165) is 16.6 Å². The van der Waals surface area contributed by atoms with Crippen LogP contribution in [0.2, 0.25) is 0 Å². The molecule has 1 heterocycles. The standard InChI is InChI=1S/C16H23BO3S/c1-15(2)16(3,4)20-17(19-15)14(11-21)9-12-5-7-13(10-18)8-6-12/h5-9,18,21H,10-11H2,1-4H3. The van der Waals surface area contributed by atoms with Crippen molar-refractivity contribution in [2.24, 2.45) is 0 Å². The third-order valence-electron chi connectivity index (χ3n) is 4.25. The Hall–Kier alpha value is -0.745. The maximum absolute atomic E-state index is 9.08. The molecule has 5 heteroatoms. The van der Waals surface area contributed by atoms with Crippen molar-refractivity contribution in [3.05, 3.63) is 40.9 Å². The van der Waals surface area contributed by atoms with Crippen molar-refractivity contribution in [1.29, 1.82) is 0 Å². The largest absolute Gasteiger partial charge is 0.491 e. The van der Waals surface area contributed by atoms with Crippen LogP contribution in [0, 0.1) is 0 Å². The van der Waals surface area contributed by atoms with Crippen molar-refractivity contribution in [3.63, 3.8) is 0 Å². The second-order valence-electron chi connectivity index (χ2n) is 6.37. The third-order valence-corrected chi connectivity index (χ3v) is 4.62. The van der Waals surface area contributed by atoms with Gasteiger partial charge in [-0.2, -0.15) is 12.6 Å². The summed E-state index contributed by atoms with van der Waals surface area (Å²) in [6.45, 7) is 8.22. The molecule has 1 aromatic carbocycles. The number of benzene rings is 1. The first-order valence-electron chi connectivity index (χ1n) is 7.16. The Labute approximate surface area is 132 Å². The van der Waals surface area contributed by atoms with Gasteiger partial charge in [-0.05, 0) is 44.3 Å². The predicted molar refractivity (Wildman–Crippen MR) is 90.3 cm³/mol. The van der Waals surface area contributed by atoms with Crippen LogP contribution < -0.4 is 0 Å².